The molecule has 1 unspecified atom stereocenters. The van der Waals surface area contributed by atoms with Crippen molar-refractivity contribution in [3.63, 3.8) is 0 Å². The van der Waals surface area contributed by atoms with E-state index < -0.39 is 21.3 Å². The first-order chi connectivity index (χ1) is 22.2. The van der Waals surface area contributed by atoms with E-state index in [1.807, 2.05) is 0 Å². The van der Waals surface area contributed by atoms with Crippen LogP contribution in [0.2, 0.25) is 5.02 Å². The molecule has 6 rings (SSSR count). The van der Waals surface area contributed by atoms with Gasteiger partial charge in [-0.2, -0.15) is 0 Å². The van der Waals surface area contributed by atoms with Crippen LogP contribution in [0.1, 0.15) is 17.5 Å². The Morgan fingerprint density at radius 1 is 1.00 bits per heavy atom. The summed E-state index contributed by atoms with van der Waals surface area (Å²) in [5.41, 5.74) is 0.776. The monoisotopic (exact) mass is 663 g/mol. The van der Waals surface area contributed by atoms with Gasteiger partial charge in [-0.25, -0.2) is 32.2 Å². The zero-order valence-electron chi connectivity index (χ0n) is 24.3. The number of ether oxygens (including phenoxy) is 2. The lowest BCUT2D eigenvalue weighted by Gasteiger charge is -2.30. The largest absolute Gasteiger partial charge is 0.489 e. The third kappa shape index (κ3) is 6.94. The van der Waals surface area contributed by atoms with Crippen molar-refractivity contribution in [2.75, 3.05) is 24.2 Å². The topological polar surface area (TPSA) is 115 Å². The van der Waals surface area contributed by atoms with E-state index in [0.717, 1.165) is 0 Å². The van der Waals surface area contributed by atoms with Crippen LogP contribution >= 0.6 is 11.6 Å². The van der Waals surface area contributed by atoms with Crippen LogP contribution in [-0.4, -0.2) is 42.2 Å². The van der Waals surface area contributed by atoms with Gasteiger partial charge in [0.1, 0.15) is 36.1 Å². The first-order valence-electron chi connectivity index (χ1n) is 14.3. The van der Waals surface area contributed by atoms with Crippen LogP contribution in [-0.2, 0) is 26.8 Å². The fourth-order valence-electron chi connectivity index (χ4n) is 5.13. The van der Waals surface area contributed by atoms with Gasteiger partial charge in [0.15, 0.2) is 20.5 Å². The molecule has 3 heterocycles. The molecule has 2 N–H and O–H groups in total. The highest BCUT2D eigenvalue weighted by atomic mass is 35.5. The van der Waals surface area contributed by atoms with Crippen molar-refractivity contribution in [1.82, 2.24) is 20.3 Å². The van der Waals surface area contributed by atoms with E-state index in [-0.39, 0.29) is 41.9 Å². The maximum atomic E-state index is 15.6. The molecule has 46 heavy (non-hydrogen) atoms. The van der Waals surface area contributed by atoms with Crippen molar-refractivity contribution in [3.8, 4) is 5.75 Å². The number of rotatable bonds is 12. The number of nitrogens with one attached hydrogen (secondary N) is 2. The van der Waals surface area contributed by atoms with E-state index in [1.54, 1.807) is 54.6 Å². The minimum atomic E-state index is -3.60. The fraction of sp³-hybridized carbons (Fsp3) is 0.182. The molecule has 0 amide bonds. The van der Waals surface area contributed by atoms with Crippen molar-refractivity contribution in [2.45, 2.75) is 23.7 Å². The summed E-state index contributed by atoms with van der Waals surface area (Å²) in [5, 5.41) is 7.21. The molecule has 0 bridgehead atoms. The van der Waals surface area contributed by atoms with Crippen LogP contribution < -0.4 is 15.4 Å². The maximum Gasteiger partial charge on any atom is 0.196 e. The first kappa shape index (κ1) is 31.3. The Hall–Kier alpha value is -4.65. The second-order valence-corrected chi connectivity index (χ2v) is 13.1. The minimum Gasteiger partial charge on any atom is -0.489 e. The van der Waals surface area contributed by atoms with Crippen LogP contribution in [0.4, 0.5) is 20.3 Å². The fourth-order valence-corrected chi connectivity index (χ4v) is 6.49. The van der Waals surface area contributed by atoms with Crippen LogP contribution in [0.3, 0.4) is 0 Å². The summed E-state index contributed by atoms with van der Waals surface area (Å²) in [6, 6.07) is 18.9. The van der Waals surface area contributed by atoms with E-state index >= 15 is 4.39 Å². The summed E-state index contributed by atoms with van der Waals surface area (Å²) in [7, 11) is -3.60. The van der Waals surface area contributed by atoms with Gasteiger partial charge in [-0.15, -0.1) is 0 Å². The molecule has 0 aliphatic carbocycles. The Morgan fingerprint density at radius 2 is 1.89 bits per heavy atom. The van der Waals surface area contributed by atoms with Crippen molar-refractivity contribution < 1.29 is 26.7 Å². The zero-order valence-corrected chi connectivity index (χ0v) is 25.9. The number of sulfone groups is 1. The van der Waals surface area contributed by atoms with Gasteiger partial charge in [0.05, 0.1) is 22.6 Å². The summed E-state index contributed by atoms with van der Waals surface area (Å²) in [4.78, 5) is 12.6. The van der Waals surface area contributed by atoms with Gasteiger partial charge in [-0.05, 0) is 60.2 Å². The number of halogens is 3. The molecule has 0 fully saturated rings. The van der Waals surface area contributed by atoms with E-state index in [9.17, 15) is 12.8 Å². The maximum absolute atomic E-state index is 15.6. The summed E-state index contributed by atoms with van der Waals surface area (Å²) < 4.78 is 66.2. The third-order valence-electron chi connectivity index (χ3n) is 7.44. The number of aromatic nitrogens is 3. The van der Waals surface area contributed by atoms with E-state index in [1.165, 1.54) is 43.1 Å². The molecule has 1 atom stereocenters. The first-order valence-corrected chi connectivity index (χ1v) is 16.3. The van der Waals surface area contributed by atoms with Crippen molar-refractivity contribution in [3.05, 3.63) is 125 Å². The lowest BCUT2D eigenvalue weighted by atomic mass is 9.89. The van der Waals surface area contributed by atoms with E-state index in [0.29, 0.717) is 45.2 Å². The Morgan fingerprint density at radius 3 is 2.65 bits per heavy atom. The van der Waals surface area contributed by atoms with Crippen LogP contribution in [0.25, 0.3) is 10.9 Å². The molecule has 0 saturated heterocycles. The molecular weight excluding hydrogens is 636 g/mol. The molecule has 1 aliphatic heterocycles. The predicted molar refractivity (Wildman–Crippen MR) is 171 cm³/mol. The van der Waals surface area contributed by atoms with Crippen molar-refractivity contribution in [2.24, 2.45) is 0 Å². The molecule has 3 aromatic carbocycles. The normalized spacial score (nSPS) is 16.0. The van der Waals surface area contributed by atoms with Gasteiger partial charge in [0.25, 0.3) is 0 Å². The van der Waals surface area contributed by atoms with Gasteiger partial charge in [-0.1, -0.05) is 29.8 Å². The molecule has 236 valence electrons. The summed E-state index contributed by atoms with van der Waals surface area (Å²) in [5.74, 6) is -0.233. The quantitative estimate of drug-likeness (QED) is 0.145. The van der Waals surface area contributed by atoms with E-state index in [4.69, 9.17) is 21.1 Å². The predicted octanol–water partition coefficient (Wildman–Crippen LogP) is 6.47. The van der Waals surface area contributed by atoms with Gasteiger partial charge in [-0.3, -0.25) is 0 Å². The Kier molecular flexibility index (Phi) is 9.11. The number of anilines is 2. The number of nitrogens with zero attached hydrogens (tertiary/aromatic N) is 3. The smallest absolute Gasteiger partial charge is 0.196 e. The van der Waals surface area contributed by atoms with Gasteiger partial charge >= 0.3 is 0 Å². The molecule has 2 aromatic heterocycles. The lowest BCUT2D eigenvalue weighted by Crippen LogP contribution is -2.40. The Bertz CT molecular complexity index is 2010. The molecular formula is C33H28ClF2N5O4S. The standard InChI is InChI=1S/C33H28ClF2N5O4S/c34-27-16-24(8-9-30(27)44-19-22-5-3-6-23(35)15-22)41-32-25-17-26(28(36)18-29(25)39-21-40-32)33(10-4-13-45-33)20-37-12-14-46(42,43)31-7-1-2-11-38-31/h1-9,11,13,15-18,21,37H,10,12,14,19-20H2,(H,39,40,41). The minimum absolute atomic E-state index is 0.00165. The lowest BCUT2D eigenvalue weighted by molar-refractivity contribution is 0.0385. The Balaban J connectivity index is 1.19. The average Bonchev–Trinajstić information content (AvgIpc) is 3.53. The van der Waals surface area contributed by atoms with Crippen LogP contribution in [0.5, 0.6) is 5.75 Å². The number of fused-ring (bicyclic) bond motifs is 1. The molecule has 13 heteroatoms. The van der Waals surface area contributed by atoms with Crippen LogP contribution in [0, 0.1) is 11.6 Å². The molecule has 0 spiro atoms. The Labute approximate surface area is 269 Å². The van der Waals surface area contributed by atoms with Gasteiger partial charge in [0.2, 0.25) is 0 Å². The van der Waals surface area contributed by atoms with Gasteiger partial charge in [0, 0.05) is 48.4 Å². The highest BCUT2D eigenvalue weighted by Crippen LogP contribution is 2.39. The number of pyridine rings is 1. The average molecular weight is 664 g/mol. The molecule has 0 saturated carbocycles. The second-order valence-electron chi connectivity index (χ2n) is 10.6. The van der Waals surface area contributed by atoms with E-state index in [2.05, 4.69) is 25.6 Å². The zero-order chi connectivity index (χ0) is 32.1. The van der Waals surface area contributed by atoms with Crippen molar-refractivity contribution >= 4 is 43.8 Å². The van der Waals surface area contributed by atoms with Crippen molar-refractivity contribution in [1.29, 1.82) is 0 Å². The van der Waals surface area contributed by atoms with Gasteiger partial charge < -0.3 is 20.1 Å². The summed E-state index contributed by atoms with van der Waals surface area (Å²) in [6.45, 7) is 0.393. The number of benzene rings is 3. The second kappa shape index (κ2) is 13.4. The van der Waals surface area contributed by atoms with Crippen LogP contribution in [0.15, 0.2) is 103 Å². The molecule has 1 aliphatic rings. The summed E-state index contributed by atoms with van der Waals surface area (Å²) in [6.07, 6.45) is 6.42. The molecule has 0 radical (unpaired) electrons. The highest BCUT2D eigenvalue weighted by Gasteiger charge is 2.38. The summed E-state index contributed by atoms with van der Waals surface area (Å²) >= 11 is 6.49. The third-order valence-corrected chi connectivity index (χ3v) is 9.36. The molecule has 5 aromatic rings. The SMILES string of the molecule is O=S(=O)(CCNCC1(c2cc3c(Nc4ccc(OCc5cccc(F)c5)c(Cl)c4)ncnc3cc2F)CC=CO1)c1ccccn1. The number of hydrogen-bond donors (Lipinski definition) is 2. The number of hydrogen-bond acceptors (Lipinski definition) is 9. The highest BCUT2D eigenvalue weighted by molar-refractivity contribution is 7.91. The molecule has 9 nitrogen and oxygen atoms in total.